The molecule has 0 aliphatic heterocycles. The Hall–Kier alpha value is -0.790. The van der Waals surface area contributed by atoms with Crippen molar-refractivity contribution < 1.29 is 9.90 Å². The van der Waals surface area contributed by atoms with Crippen LogP contribution in [0.3, 0.4) is 0 Å². The summed E-state index contributed by atoms with van der Waals surface area (Å²) in [6, 6.07) is 0. The molecule has 15 heavy (non-hydrogen) atoms. The summed E-state index contributed by atoms with van der Waals surface area (Å²) in [4.78, 5) is 11.3. The van der Waals surface area contributed by atoms with E-state index in [1.165, 1.54) is 5.57 Å². The Balaban J connectivity index is 2.29. The van der Waals surface area contributed by atoms with Crippen molar-refractivity contribution in [2.24, 2.45) is 29.6 Å². The molecule has 0 spiro atoms. The van der Waals surface area contributed by atoms with Gasteiger partial charge >= 0.3 is 5.97 Å². The van der Waals surface area contributed by atoms with E-state index < -0.39 is 5.97 Å². The fraction of sp³-hybridized carbons (Fsp3) is 0.769. The molecule has 0 amide bonds. The predicted molar refractivity (Wildman–Crippen MR) is 59.4 cm³/mol. The Morgan fingerprint density at radius 1 is 1.60 bits per heavy atom. The van der Waals surface area contributed by atoms with Gasteiger partial charge in [0.05, 0.1) is 5.92 Å². The molecular formula is C13H20O2. The zero-order chi connectivity index (χ0) is 11.2. The van der Waals surface area contributed by atoms with E-state index in [2.05, 4.69) is 26.8 Å². The molecule has 4 unspecified atom stereocenters. The highest BCUT2D eigenvalue weighted by Gasteiger charge is 2.51. The molecule has 0 aromatic carbocycles. The highest BCUT2D eigenvalue weighted by Crippen LogP contribution is 2.54. The summed E-state index contributed by atoms with van der Waals surface area (Å²) in [5.74, 6) is 1.02. The monoisotopic (exact) mass is 208 g/mol. The second kappa shape index (κ2) is 3.66. The maximum atomic E-state index is 11.3. The lowest BCUT2D eigenvalue weighted by Gasteiger charge is -2.30. The van der Waals surface area contributed by atoms with E-state index in [0.717, 1.165) is 12.8 Å². The van der Waals surface area contributed by atoms with Gasteiger partial charge in [-0.05, 0) is 36.5 Å². The van der Waals surface area contributed by atoms with Crippen molar-refractivity contribution in [3.8, 4) is 0 Å². The molecule has 2 heteroatoms. The Morgan fingerprint density at radius 3 is 2.73 bits per heavy atom. The number of carboxylic acid groups (broad SMARTS) is 1. The van der Waals surface area contributed by atoms with E-state index in [9.17, 15) is 9.90 Å². The SMILES string of the molecule is CCC1=CC2CC1C(C(=O)O)C2C(C)C. The summed E-state index contributed by atoms with van der Waals surface area (Å²) >= 11 is 0. The molecule has 1 N–H and O–H groups in total. The minimum absolute atomic E-state index is 0.116. The van der Waals surface area contributed by atoms with Crippen molar-refractivity contribution >= 4 is 5.97 Å². The van der Waals surface area contributed by atoms with Crippen LogP contribution in [0.4, 0.5) is 0 Å². The number of fused-ring (bicyclic) bond motifs is 2. The van der Waals surface area contributed by atoms with E-state index in [-0.39, 0.29) is 5.92 Å². The van der Waals surface area contributed by atoms with Crippen molar-refractivity contribution in [2.75, 3.05) is 0 Å². The van der Waals surface area contributed by atoms with Crippen LogP contribution in [-0.4, -0.2) is 11.1 Å². The molecule has 1 saturated carbocycles. The van der Waals surface area contributed by atoms with E-state index >= 15 is 0 Å². The quantitative estimate of drug-likeness (QED) is 0.724. The summed E-state index contributed by atoms with van der Waals surface area (Å²) < 4.78 is 0. The van der Waals surface area contributed by atoms with Crippen molar-refractivity contribution in [2.45, 2.75) is 33.6 Å². The number of rotatable bonds is 3. The van der Waals surface area contributed by atoms with Crippen LogP contribution in [0.5, 0.6) is 0 Å². The number of carboxylic acids is 1. The fourth-order valence-electron chi connectivity index (χ4n) is 3.72. The number of carbonyl (C=O) groups is 1. The Labute approximate surface area is 91.4 Å². The van der Waals surface area contributed by atoms with E-state index in [0.29, 0.717) is 23.7 Å². The van der Waals surface area contributed by atoms with E-state index in [1.54, 1.807) is 0 Å². The lowest BCUT2D eigenvalue weighted by atomic mass is 9.73. The van der Waals surface area contributed by atoms with Crippen molar-refractivity contribution in [1.82, 2.24) is 0 Å². The molecule has 2 bridgehead atoms. The maximum absolute atomic E-state index is 11.3. The molecule has 0 saturated heterocycles. The molecule has 1 fully saturated rings. The average molecular weight is 208 g/mol. The number of aliphatic carboxylic acids is 1. The Kier molecular flexibility index (Phi) is 2.61. The fourth-order valence-corrected chi connectivity index (χ4v) is 3.72. The van der Waals surface area contributed by atoms with E-state index in [1.807, 2.05) is 0 Å². The second-order valence-electron chi connectivity index (χ2n) is 5.29. The molecule has 2 nitrogen and oxygen atoms in total. The van der Waals surface area contributed by atoms with Crippen molar-refractivity contribution in [3.63, 3.8) is 0 Å². The summed E-state index contributed by atoms with van der Waals surface area (Å²) in [5, 5.41) is 9.34. The molecule has 0 aromatic heterocycles. The molecular weight excluding hydrogens is 188 g/mol. The Bertz CT molecular complexity index is 304. The molecule has 0 heterocycles. The summed E-state index contributed by atoms with van der Waals surface area (Å²) in [5.41, 5.74) is 1.39. The van der Waals surface area contributed by atoms with Gasteiger partial charge in [-0.1, -0.05) is 32.4 Å². The van der Waals surface area contributed by atoms with Crippen LogP contribution in [0.1, 0.15) is 33.6 Å². The van der Waals surface area contributed by atoms with Gasteiger partial charge in [0.2, 0.25) is 0 Å². The van der Waals surface area contributed by atoms with Gasteiger partial charge in [-0.25, -0.2) is 0 Å². The van der Waals surface area contributed by atoms with Gasteiger partial charge in [-0.3, -0.25) is 4.79 Å². The lowest BCUT2D eigenvalue weighted by molar-refractivity contribution is -0.145. The second-order valence-corrected chi connectivity index (χ2v) is 5.29. The summed E-state index contributed by atoms with van der Waals surface area (Å²) in [6.07, 6.45) is 4.47. The topological polar surface area (TPSA) is 37.3 Å². The van der Waals surface area contributed by atoms with Gasteiger partial charge in [0.1, 0.15) is 0 Å². The van der Waals surface area contributed by atoms with E-state index in [4.69, 9.17) is 0 Å². The standard InChI is InChI=1S/C13H20O2/c1-4-8-5-9-6-10(8)12(13(14)15)11(9)7(2)3/h5,7,9-12H,4,6H2,1-3H3,(H,14,15). The van der Waals surface area contributed by atoms with Crippen LogP contribution in [0.2, 0.25) is 0 Å². The zero-order valence-corrected chi connectivity index (χ0v) is 9.73. The molecule has 2 aliphatic rings. The highest BCUT2D eigenvalue weighted by atomic mass is 16.4. The van der Waals surface area contributed by atoms with Crippen LogP contribution in [0.25, 0.3) is 0 Å². The van der Waals surface area contributed by atoms with Gasteiger partial charge < -0.3 is 5.11 Å². The zero-order valence-electron chi connectivity index (χ0n) is 9.73. The molecule has 84 valence electrons. The average Bonchev–Trinajstić information content (AvgIpc) is 2.72. The van der Waals surface area contributed by atoms with Gasteiger partial charge in [0.15, 0.2) is 0 Å². The minimum atomic E-state index is -0.583. The number of hydrogen-bond acceptors (Lipinski definition) is 1. The van der Waals surface area contributed by atoms with Crippen LogP contribution in [0.15, 0.2) is 11.6 Å². The summed E-state index contributed by atoms with van der Waals surface area (Å²) in [7, 11) is 0. The molecule has 4 atom stereocenters. The smallest absolute Gasteiger partial charge is 0.307 e. The molecule has 0 aromatic rings. The molecule has 2 aliphatic carbocycles. The third-order valence-corrected chi connectivity index (χ3v) is 4.24. The van der Waals surface area contributed by atoms with Crippen LogP contribution in [0, 0.1) is 29.6 Å². The largest absolute Gasteiger partial charge is 0.481 e. The molecule has 0 radical (unpaired) electrons. The first-order valence-corrected chi connectivity index (χ1v) is 5.99. The maximum Gasteiger partial charge on any atom is 0.307 e. The van der Waals surface area contributed by atoms with Gasteiger partial charge in [-0.15, -0.1) is 0 Å². The first-order valence-electron chi connectivity index (χ1n) is 5.99. The normalized spacial score (nSPS) is 38.5. The van der Waals surface area contributed by atoms with Crippen LogP contribution >= 0.6 is 0 Å². The van der Waals surface area contributed by atoms with Crippen molar-refractivity contribution in [1.29, 1.82) is 0 Å². The predicted octanol–water partition coefficient (Wildman–Crippen LogP) is 2.95. The third kappa shape index (κ3) is 1.51. The minimum Gasteiger partial charge on any atom is -0.481 e. The summed E-state index contributed by atoms with van der Waals surface area (Å²) in [6.45, 7) is 6.44. The van der Waals surface area contributed by atoms with Gasteiger partial charge in [-0.2, -0.15) is 0 Å². The first kappa shape index (κ1) is 10.7. The van der Waals surface area contributed by atoms with Crippen LogP contribution in [-0.2, 0) is 4.79 Å². The van der Waals surface area contributed by atoms with Gasteiger partial charge in [0, 0.05) is 0 Å². The van der Waals surface area contributed by atoms with Crippen molar-refractivity contribution in [3.05, 3.63) is 11.6 Å². The number of hydrogen-bond donors (Lipinski definition) is 1. The highest BCUT2D eigenvalue weighted by molar-refractivity contribution is 5.72. The van der Waals surface area contributed by atoms with Gasteiger partial charge in [0.25, 0.3) is 0 Å². The van der Waals surface area contributed by atoms with Crippen LogP contribution < -0.4 is 0 Å². The number of allylic oxidation sites excluding steroid dienone is 2. The molecule has 2 rings (SSSR count). The Morgan fingerprint density at radius 2 is 2.27 bits per heavy atom. The first-order chi connectivity index (χ1) is 7.06. The third-order valence-electron chi connectivity index (χ3n) is 4.24. The lowest BCUT2D eigenvalue weighted by Crippen LogP contribution is -2.32.